The van der Waals surface area contributed by atoms with Crippen LogP contribution in [0.4, 0.5) is 0 Å². The number of hydrogen-bond acceptors (Lipinski definition) is 2. The maximum absolute atomic E-state index is 11.4. The van der Waals surface area contributed by atoms with Gasteiger partial charge in [-0.05, 0) is 24.0 Å². The van der Waals surface area contributed by atoms with Gasteiger partial charge in [-0.25, -0.2) is 13.6 Å². The van der Waals surface area contributed by atoms with Crippen LogP contribution in [0.1, 0.15) is 25.0 Å². The zero-order chi connectivity index (χ0) is 10.8. The van der Waals surface area contributed by atoms with Gasteiger partial charge in [0.2, 0.25) is 10.0 Å². The fourth-order valence-corrected chi connectivity index (χ4v) is 2.72. The molecule has 0 aliphatic carbocycles. The van der Waals surface area contributed by atoms with E-state index in [0.29, 0.717) is 17.7 Å². The van der Waals surface area contributed by atoms with Crippen molar-refractivity contribution in [1.29, 1.82) is 0 Å². The standard InChI is InChI=1S/C10H15NO2S/c1-3-8-6-5-7-9(4-2)10(8)14(11,12)13/h5-7H,3-4H2,1-2H3,(H2,11,12,13). The Kier molecular flexibility index (Phi) is 3.29. The van der Waals surface area contributed by atoms with Crippen molar-refractivity contribution in [1.82, 2.24) is 0 Å². The fourth-order valence-electron chi connectivity index (χ4n) is 1.56. The third-order valence-electron chi connectivity index (χ3n) is 2.22. The van der Waals surface area contributed by atoms with E-state index in [1.165, 1.54) is 0 Å². The summed E-state index contributed by atoms with van der Waals surface area (Å²) in [6, 6.07) is 5.48. The molecule has 0 aliphatic heterocycles. The summed E-state index contributed by atoms with van der Waals surface area (Å²) in [5.74, 6) is 0. The molecule has 14 heavy (non-hydrogen) atoms. The summed E-state index contributed by atoms with van der Waals surface area (Å²) in [7, 11) is -3.59. The third kappa shape index (κ3) is 2.13. The highest BCUT2D eigenvalue weighted by atomic mass is 32.2. The second-order valence-electron chi connectivity index (χ2n) is 3.16. The first kappa shape index (κ1) is 11.2. The van der Waals surface area contributed by atoms with Crippen LogP contribution in [0.5, 0.6) is 0 Å². The van der Waals surface area contributed by atoms with Crippen LogP contribution >= 0.6 is 0 Å². The smallest absolute Gasteiger partial charge is 0.225 e. The van der Waals surface area contributed by atoms with E-state index in [1.54, 1.807) is 12.1 Å². The third-order valence-corrected chi connectivity index (χ3v) is 3.32. The van der Waals surface area contributed by atoms with Crippen LogP contribution < -0.4 is 5.14 Å². The summed E-state index contributed by atoms with van der Waals surface area (Å²) in [5, 5.41) is 5.18. The Morgan fingerprint density at radius 3 is 1.86 bits per heavy atom. The molecule has 0 heterocycles. The molecule has 1 rings (SSSR count). The zero-order valence-corrected chi connectivity index (χ0v) is 9.26. The van der Waals surface area contributed by atoms with Crippen molar-refractivity contribution in [3.8, 4) is 0 Å². The van der Waals surface area contributed by atoms with Gasteiger partial charge in [0, 0.05) is 0 Å². The monoisotopic (exact) mass is 213 g/mol. The second kappa shape index (κ2) is 4.11. The van der Waals surface area contributed by atoms with Crippen molar-refractivity contribution in [2.24, 2.45) is 5.14 Å². The molecule has 4 heteroatoms. The SMILES string of the molecule is CCc1cccc(CC)c1S(N)(=O)=O. The Morgan fingerprint density at radius 1 is 1.14 bits per heavy atom. The van der Waals surface area contributed by atoms with Gasteiger partial charge in [-0.1, -0.05) is 32.0 Å². The van der Waals surface area contributed by atoms with Gasteiger partial charge in [0.1, 0.15) is 0 Å². The Morgan fingerprint density at radius 2 is 1.57 bits per heavy atom. The van der Waals surface area contributed by atoms with E-state index in [0.717, 1.165) is 11.1 Å². The molecule has 0 radical (unpaired) electrons. The molecule has 0 saturated carbocycles. The molecule has 0 amide bonds. The van der Waals surface area contributed by atoms with Crippen molar-refractivity contribution in [2.45, 2.75) is 31.6 Å². The molecular weight excluding hydrogens is 198 g/mol. The molecule has 0 spiro atoms. The van der Waals surface area contributed by atoms with Crippen LogP contribution in [0.15, 0.2) is 23.1 Å². The molecule has 78 valence electrons. The number of primary sulfonamides is 1. The van der Waals surface area contributed by atoms with Gasteiger partial charge < -0.3 is 0 Å². The van der Waals surface area contributed by atoms with Gasteiger partial charge in [-0.15, -0.1) is 0 Å². The lowest BCUT2D eigenvalue weighted by molar-refractivity contribution is 0.595. The van der Waals surface area contributed by atoms with Crippen LogP contribution in [-0.2, 0) is 22.9 Å². The molecule has 0 aromatic heterocycles. The lowest BCUT2D eigenvalue weighted by Crippen LogP contribution is -2.16. The van der Waals surface area contributed by atoms with Crippen molar-refractivity contribution >= 4 is 10.0 Å². The summed E-state index contributed by atoms with van der Waals surface area (Å²) in [4.78, 5) is 0.310. The topological polar surface area (TPSA) is 60.2 Å². The minimum Gasteiger partial charge on any atom is -0.225 e. The van der Waals surface area contributed by atoms with Crippen LogP contribution in [-0.4, -0.2) is 8.42 Å². The highest BCUT2D eigenvalue weighted by molar-refractivity contribution is 7.89. The second-order valence-corrected chi connectivity index (χ2v) is 4.66. The number of rotatable bonds is 3. The Balaban J connectivity index is 3.50. The highest BCUT2D eigenvalue weighted by Gasteiger charge is 2.16. The summed E-state index contributed by atoms with van der Waals surface area (Å²) < 4.78 is 22.7. The molecule has 1 aromatic carbocycles. The predicted octanol–water partition coefficient (Wildman–Crippen LogP) is 1.46. The molecule has 0 aliphatic rings. The lowest BCUT2D eigenvalue weighted by Gasteiger charge is -2.10. The first-order valence-electron chi connectivity index (χ1n) is 4.64. The van der Waals surface area contributed by atoms with Crippen molar-refractivity contribution in [3.05, 3.63) is 29.3 Å². The van der Waals surface area contributed by atoms with Crippen molar-refractivity contribution in [3.63, 3.8) is 0 Å². The molecular formula is C10H15NO2S. The van der Waals surface area contributed by atoms with Gasteiger partial charge >= 0.3 is 0 Å². The van der Waals surface area contributed by atoms with Crippen molar-refractivity contribution in [2.75, 3.05) is 0 Å². The van der Waals surface area contributed by atoms with E-state index in [2.05, 4.69) is 0 Å². The molecule has 0 atom stereocenters. The average Bonchev–Trinajstić information content (AvgIpc) is 2.15. The van der Waals surface area contributed by atoms with E-state index in [-0.39, 0.29) is 0 Å². The quantitative estimate of drug-likeness (QED) is 0.826. The van der Waals surface area contributed by atoms with Crippen LogP contribution in [0.3, 0.4) is 0 Å². The predicted molar refractivity (Wildman–Crippen MR) is 56.6 cm³/mol. The molecule has 3 nitrogen and oxygen atoms in total. The molecule has 0 fully saturated rings. The number of sulfonamides is 1. The number of benzene rings is 1. The molecule has 0 unspecified atom stereocenters. The van der Waals surface area contributed by atoms with Gasteiger partial charge in [0.25, 0.3) is 0 Å². The Hall–Kier alpha value is -0.870. The van der Waals surface area contributed by atoms with Gasteiger partial charge in [-0.3, -0.25) is 0 Å². The largest absolute Gasteiger partial charge is 0.238 e. The van der Waals surface area contributed by atoms with E-state index in [9.17, 15) is 8.42 Å². The summed E-state index contributed by atoms with van der Waals surface area (Å²) in [6.45, 7) is 3.84. The van der Waals surface area contributed by atoms with Crippen LogP contribution in [0.25, 0.3) is 0 Å². The summed E-state index contributed by atoms with van der Waals surface area (Å²) in [6.07, 6.45) is 1.36. The minimum atomic E-state index is -3.59. The van der Waals surface area contributed by atoms with Crippen LogP contribution in [0.2, 0.25) is 0 Å². The fraction of sp³-hybridized carbons (Fsp3) is 0.400. The molecule has 0 bridgehead atoms. The number of nitrogens with two attached hydrogens (primary N) is 1. The van der Waals surface area contributed by atoms with Crippen LogP contribution in [0, 0.1) is 0 Å². The lowest BCUT2D eigenvalue weighted by atomic mass is 10.1. The maximum atomic E-state index is 11.4. The van der Waals surface area contributed by atoms with E-state index in [4.69, 9.17) is 5.14 Å². The van der Waals surface area contributed by atoms with E-state index < -0.39 is 10.0 Å². The van der Waals surface area contributed by atoms with E-state index >= 15 is 0 Å². The summed E-state index contributed by atoms with van der Waals surface area (Å²) in [5.41, 5.74) is 1.60. The van der Waals surface area contributed by atoms with E-state index in [1.807, 2.05) is 19.9 Å². The molecule has 2 N–H and O–H groups in total. The first-order chi connectivity index (χ1) is 6.50. The number of aryl methyl sites for hydroxylation is 2. The van der Waals surface area contributed by atoms with Gasteiger partial charge in [-0.2, -0.15) is 0 Å². The van der Waals surface area contributed by atoms with Crippen molar-refractivity contribution < 1.29 is 8.42 Å². The van der Waals surface area contributed by atoms with Gasteiger partial charge in [0.15, 0.2) is 0 Å². The normalized spacial score (nSPS) is 11.6. The average molecular weight is 213 g/mol. The Labute approximate surface area is 85.0 Å². The zero-order valence-electron chi connectivity index (χ0n) is 8.45. The maximum Gasteiger partial charge on any atom is 0.238 e. The first-order valence-corrected chi connectivity index (χ1v) is 6.18. The molecule has 0 saturated heterocycles. The number of hydrogen-bond donors (Lipinski definition) is 1. The van der Waals surface area contributed by atoms with Gasteiger partial charge in [0.05, 0.1) is 4.90 Å². The summed E-state index contributed by atoms with van der Waals surface area (Å²) >= 11 is 0. The minimum absolute atomic E-state index is 0.310. The Bertz CT molecular complexity index is 401. The molecule has 1 aromatic rings. The highest BCUT2D eigenvalue weighted by Crippen LogP contribution is 2.20.